The molecule has 0 spiro atoms. The standard InChI is InChI=1S/C8H10ClNO/c1-6(10)11-8-4-2-7(9)3-5-8/h2-6H,10H2,1H3. The molecule has 0 bridgehead atoms. The smallest absolute Gasteiger partial charge is 0.144 e. The summed E-state index contributed by atoms with van der Waals surface area (Å²) in [7, 11) is 0. The van der Waals surface area contributed by atoms with Crippen molar-refractivity contribution in [2.75, 3.05) is 0 Å². The largest absolute Gasteiger partial charge is 0.476 e. The maximum atomic E-state index is 5.66. The van der Waals surface area contributed by atoms with E-state index >= 15 is 0 Å². The van der Waals surface area contributed by atoms with Gasteiger partial charge in [0.05, 0.1) is 0 Å². The van der Waals surface area contributed by atoms with Gasteiger partial charge in [-0.25, -0.2) is 0 Å². The van der Waals surface area contributed by atoms with Gasteiger partial charge in [-0.1, -0.05) is 11.6 Å². The Kier molecular flexibility index (Phi) is 2.74. The molecule has 0 amide bonds. The number of rotatable bonds is 2. The summed E-state index contributed by atoms with van der Waals surface area (Å²) in [5.41, 5.74) is 5.41. The van der Waals surface area contributed by atoms with Crippen molar-refractivity contribution < 1.29 is 4.74 Å². The second kappa shape index (κ2) is 3.60. The molecule has 1 aromatic rings. The number of halogens is 1. The molecule has 60 valence electrons. The zero-order valence-corrected chi connectivity index (χ0v) is 7.01. The Labute approximate surface area is 70.9 Å². The van der Waals surface area contributed by atoms with Crippen LogP contribution in [0, 0.1) is 0 Å². The molecule has 0 heterocycles. The number of ether oxygens (including phenoxy) is 1. The molecule has 0 saturated carbocycles. The highest BCUT2D eigenvalue weighted by atomic mass is 35.5. The maximum Gasteiger partial charge on any atom is 0.144 e. The van der Waals surface area contributed by atoms with E-state index in [-0.39, 0.29) is 6.23 Å². The number of hydrogen-bond acceptors (Lipinski definition) is 2. The van der Waals surface area contributed by atoms with Crippen molar-refractivity contribution in [2.45, 2.75) is 13.2 Å². The molecule has 1 aromatic carbocycles. The Balaban J connectivity index is 2.66. The summed E-state index contributed by atoms with van der Waals surface area (Å²) in [5, 5.41) is 0.696. The van der Waals surface area contributed by atoms with Crippen molar-refractivity contribution in [3.8, 4) is 5.75 Å². The number of hydrogen-bond donors (Lipinski definition) is 1. The molecule has 0 aliphatic carbocycles. The molecule has 0 saturated heterocycles. The van der Waals surface area contributed by atoms with E-state index in [9.17, 15) is 0 Å². The summed E-state index contributed by atoms with van der Waals surface area (Å²) in [4.78, 5) is 0. The molecule has 0 aliphatic heterocycles. The first-order valence-corrected chi connectivity index (χ1v) is 3.74. The lowest BCUT2D eigenvalue weighted by Crippen LogP contribution is -2.22. The fourth-order valence-electron chi connectivity index (χ4n) is 0.728. The van der Waals surface area contributed by atoms with Gasteiger partial charge in [0.25, 0.3) is 0 Å². The van der Waals surface area contributed by atoms with Gasteiger partial charge in [0, 0.05) is 5.02 Å². The van der Waals surface area contributed by atoms with Gasteiger partial charge in [0.1, 0.15) is 12.0 Å². The third kappa shape index (κ3) is 2.78. The third-order valence-corrected chi connectivity index (χ3v) is 1.39. The van der Waals surface area contributed by atoms with E-state index in [4.69, 9.17) is 22.1 Å². The van der Waals surface area contributed by atoms with E-state index in [0.717, 1.165) is 5.75 Å². The molecular formula is C8H10ClNO. The van der Waals surface area contributed by atoms with Crippen molar-refractivity contribution in [3.05, 3.63) is 29.3 Å². The highest BCUT2D eigenvalue weighted by molar-refractivity contribution is 6.30. The second-order valence-corrected chi connectivity index (χ2v) is 2.71. The molecule has 0 radical (unpaired) electrons. The fourth-order valence-corrected chi connectivity index (χ4v) is 0.854. The minimum atomic E-state index is -0.281. The molecule has 0 aromatic heterocycles. The van der Waals surface area contributed by atoms with Gasteiger partial charge in [-0.2, -0.15) is 0 Å². The predicted octanol–water partition coefficient (Wildman–Crippen LogP) is 2.02. The lowest BCUT2D eigenvalue weighted by molar-refractivity contribution is 0.230. The quantitative estimate of drug-likeness (QED) is 0.692. The zero-order valence-electron chi connectivity index (χ0n) is 6.25. The molecular weight excluding hydrogens is 162 g/mol. The summed E-state index contributed by atoms with van der Waals surface area (Å²) in [5.74, 6) is 0.740. The molecule has 11 heavy (non-hydrogen) atoms. The summed E-state index contributed by atoms with van der Waals surface area (Å²) in [6, 6.07) is 7.09. The van der Waals surface area contributed by atoms with Crippen molar-refractivity contribution in [2.24, 2.45) is 5.73 Å². The van der Waals surface area contributed by atoms with Crippen molar-refractivity contribution in [3.63, 3.8) is 0 Å². The molecule has 3 heteroatoms. The molecule has 1 atom stereocenters. The van der Waals surface area contributed by atoms with Gasteiger partial charge < -0.3 is 4.74 Å². The second-order valence-electron chi connectivity index (χ2n) is 2.28. The monoisotopic (exact) mass is 171 g/mol. The normalized spacial score (nSPS) is 12.6. The molecule has 1 unspecified atom stereocenters. The average molecular weight is 172 g/mol. The van der Waals surface area contributed by atoms with Crippen LogP contribution < -0.4 is 10.5 Å². The first-order valence-electron chi connectivity index (χ1n) is 3.36. The molecule has 1 rings (SSSR count). The van der Waals surface area contributed by atoms with Crippen molar-refractivity contribution >= 4 is 11.6 Å². The van der Waals surface area contributed by atoms with E-state index in [2.05, 4.69) is 0 Å². The van der Waals surface area contributed by atoms with Crippen molar-refractivity contribution in [1.82, 2.24) is 0 Å². The van der Waals surface area contributed by atoms with Crippen LogP contribution in [-0.2, 0) is 0 Å². The molecule has 0 aliphatic rings. The van der Waals surface area contributed by atoms with E-state index in [1.54, 1.807) is 31.2 Å². The van der Waals surface area contributed by atoms with E-state index in [1.165, 1.54) is 0 Å². The lowest BCUT2D eigenvalue weighted by atomic mass is 10.3. The van der Waals surface area contributed by atoms with Crippen LogP contribution in [0.25, 0.3) is 0 Å². The maximum absolute atomic E-state index is 5.66. The SMILES string of the molecule is CC(N)Oc1ccc(Cl)cc1. The minimum Gasteiger partial charge on any atom is -0.476 e. The van der Waals surface area contributed by atoms with Crippen LogP contribution in [0.4, 0.5) is 0 Å². The fraction of sp³-hybridized carbons (Fsp3) is 0.250. The van der Waals surface area contributed by atoms with Gasteiger partial charge >= 0.3 is 0 Å². The summed E-state index contributed by atoms with van der Waals surface area (Å²) in [6.45, 7) is 1.77. The summed E-state index contributed by atoms with van der Waals surface area (Å²) >= 11 is 5.66. The minimum absolute atomic E-state index is 0.281. The van der Waals surface area contributed by atoms with Gasteiger partial charge in [-0.05, 0) is 31.2 Å². The van der Waals surface area contributed by atoms with Crippen LogP contribution in [0.2, 0.25) is 5.02 Å². The molecule has 0 fully saturated rings. The van der Waals surface area contributed by atoms with E-state index in [1.807, 2.05) is 0 Å². The lowest BCUT2D eigenvalue weighted by Gasteiger charge is -2.08. The van der Waals surface area contributed by atoms with Crippen LogP contribution in [0.5, 0.6) is 5.75 Å². The highest BCUT2D eigenvalue weighted by Gasteiger charge is 1.95. The topological polar surface area (TPSA) is 35.2 Å². The van der Waals surface area contributed by atoms with E-state index < -0.39 is 0 Å². The average Bonchev–Trinajstić information content (AvgIpc) is 1.93. The van der Waals surface area contributed by atoms with Crippen molar-refractivity contribution in [1.29, 1.82) is 0 Å². The van der Waals surface area contributed by atoms with Crippen LogP contribution >= 0.6 is 11.6 Å². The molecule has 2 nitrogen and oxygen atoms in total. The Morgan fingerprint density at radius 3 is 2.36 bits per heavy atom. The van der Waals surface area contributed by atoms with Gasteiger partial charge in [0.15, 0.2) is 0 Å². The predicted molar refractivity (Wildman–Crippen MR) is 45.7 cm³/mol. The first kappa shape index (κ1) is 8.37. The summed E-state index contributed by atoms with van der Waals surface area (Å²) in [6.07, 6.45) is -0.281. The van der Waals surface area contributed by atoms with Gasteiger partial charge in [-0.3, -0.25) is 5.73 Å². The van der Waals surface area contributed by atoms with Gasteiger partial charge in [-0.15, -0.1) is 0 Å². The first-order chi connectivity index (χ1) is 5.18. The van der Waals surface area contributed by atoms with Crippen LogP contribution in [0.15, 0.2) is 24.3 Å². The Morgan fingerprint density at radius 1 is 1.36 bits per heavy atom. The Morgan fingerprint density at radius 2 is 1.91 bits per heavy atom. The number of nitrogens with two attached hydrogens (primary N) is 1. The Bertz CT molecular complexity index is 220. The van der Waals surface area contributed by atoms with Crippen LogP contribution in [-0.4, -0.2) is 6.23 Å². The number of benzene rings is 1. The molecule has 2 N–H and O–H groups in total. The van der Waals surface area contributed by atoms with Gasteiger partial charge in [0.2, 0.25) is 0 Å². The zero-order chi connectivity index (χ0) is 8.27. The third-order valence-electron chi connectivity index (χ3n) is 1.14. The summed E-state index contributed by atoms with van der Waals surface area (Å²) < 4.78 is 5.19. The highest BCUT2D eigenvalue weighted by Crippen LogP contribution is 2.15. The Hall–Kier alpha value is -0.730. The van der Waals surface area contributed by atoms with E-state index in [0.29, 0.717) is 5.02 Å². The van der Waals surface area contributed by atoms with Crippen LogP contribution in [0.1, 0.15) is 6.92 Å². The van der Waals surface area contributed by atoms with Crippen LogP contribution in [0.3, 0.4) is 0 Å².